The van der Waals surface area contributed by atoms with Gasteiger partial charge in [0.2, 0.25) is 5.91 Å². The molecule has 2 fully saturated rings. The van der Waals surface area contributed by atoms with Crippen molar-refractivity contribution in [3.05, 3.63) is 58.9 Å². The molecular weight excluding hydrogens is 447 g/mol. The van der Waals surface area contributed by atoms with Gasteiger partial charge in [-0.15, -0.1) is 0 Å². The van der Waals surface area contributed by atoms with Crippen molar-refractivity contribution in [3.8, 4) is 6.07 Å². The van der Waals surface area contributed by atoms with E-state index >= 15 is 0 Å². The number of carbonyl (C=O) groups excluding carboxylic acids is 2. The Kier molecular flexibility index (Phi) is 5.98. The fourth-order valence-electron chi connectivity index (χ4n) is 5.13. The van der Waals surface area contributed by atoms with E-state index in [2.05, 4.69) is 4.98 Å². The Morgan fingerprint density at radius 1 is 1.21 bits per heavy atom. The van der Waals surface area contributed by atoms with Crippen molar-refractivity contribution in [2.45, 2.75) is 25.9 Å². The van der Waals surface area contributed by atoms with Crippen LogP contribution in [0.5, 0.6) is 0 Å². The van der Waals surface area contributed by atoms with Crippen LogP contribution in [-0.4, -0.2) is 47.9 Å². The third kappa shape index (κ3) is 4.30. The van der Waals surface area contributed by atoms with Crippen molar-refractivity contribution in [2.24, 2.45) is 17.1 Å². The molecule has 2 amide bonds. The number of hydrogen-bond acceptors (Lipinski definition) is 5. The SMILES string of the molecule is Cc1cncc(C(=O)N2CCC3(CC2)CN(c2ccc(C#N)c(C(F)(F)F)c2)CC3C(N)=O)c1. The van der Waals surface area contributed by atoms with Gasteiger partial charge in [0, 0.05) is 49.7 Å². The predicted octanol–water partition coefficient (Wildman–Crippen LogP) is 3.12. The lowest BCUT2D eigenvalue weighted by Gasteiger charge is -2.41. The number of aromatic nitrogens is 1. The van der Waals surface area contributed by atoms with Crippen LogP contribution < -0.4 is 10.6 Å². The molecule has 0 bridgehead atoms. The maximum Gasteiger partial charge on any atom is 0.417 e. The molecule has 1 atom stereocenters. The first-order valence-electron chi connectivity index (χ1n) is 10.9. The van der Waals surface area contributed by atoms with Crippen molar-refractivity contribution in [2.75, 3.05) is 31.1 Å². The number of amides is 2. The molecule has 0 aliphatic carbocycles. The molecule has 1 aromatic carbocycles. The molecule has 0 radical (unpaired) electrons. The minimum Gasteiger partial charge on any atom is -0.370 e. The number of carbonyl (C=O) groups is 2. The van der Waals surface area contributed by atoms with E-state index in [4.69, 9.17) is 11.0 Å². The lowest BCUT2D eigenvalue weighted by atomic mass is 9.70. The number of anilines is 1. The van der Waals surface area contributed by atoms with Crippen LogP contribution in [0, 0.1) is 29.6 Å². The Hall–Kier alpha value is -3.61. The molecule has 3 heterocycles. The lowest BCUT2D eigenvalue weighted by Crippen LogP contribution is -2.49. The molecule has 2 aromatic rings. The number of aryl methyl sites for hydroxylation is 1. The minimum atomic E-state index is -4.67. The molecule has 34 heavy (non-hydrogen) atoms. The van der Waals surface area contributed by atoms with E-state index in [1.165, 1.54) is 12.3 Å². The quantitative estimate of drug-likeness (QED) is 0.741. The third-order valence-electron chi connectivity index (χ3n) is 6.95. The summed E-state index contributed by atoms with van der Waals surface area (Å²) in [7, 11) is 0. The van der Waals surface area contributed by atoms with E-state index < -0.39 is 34.5 Å². The van der Waals surface area contributed by atoms with E-state index in [9.17, 15) is 22.8 Å². The summed E-state index contributed by atoms with van der Waals surface area (Å²) in [6.07, 6.45) is -0.473. The van der Waals surface area contributed by atoms with Crippen LogP contribution in [0.2, 0.25) is 0 Å². The second-order valence-electron chi connectivity index (χ2n) is 9.08. The fourth-order valence-corrected chi connectivity index (χ4v) is 5.13. The normalized spacial score (nSPS) is 19.8. The minimum absolute atomic E-state index is 0.140. The molecule has 1 aromatic heterocycles. The van der Waals surface area contributed by atoms with Crippen LogP contribution in [0.15, 0.2) is 36.7 Å². The van der Waals surface area contributed by atoms with Gasteiger partial charge in [0.15, 0.2) is 0 Å². The summed E-state index contributed by atoms with van der Waals surface area (Å²) in [6.45, 7) is 3.20. The van der Waals surface area contributed by atoms with E-state index in [0.29, 0.717) is 43.7 Å². The van der Waals surface area contributed by atoms with Crippen LogP contribution in [0.1, 0.15) is 39.9 Å². The molecule has 178 valence electrons. The first kappa shape index (κ1) is 23.5. The molecule has 2 aliphatic heterocycles. The average molecular weight is 471 g/mol. The van der Waals surface area contributed by atoms with Gasteiger partial charge in [-0.3, -0.25) is 14.6 Å². The number of benzene rings is 1. The van der Waals surface area contributed by atoms with Gasteiger partial charge < -0.3 is 15.5 Å². The second kappa shape index (κ2) is 8.63. The highest BCUT2D eigenvalue weighted by molar-refractivity contribution is 5.94. The Bertz CT molecular complexity index is 1170. The van der Waals surface area contributed by atoms with Gasteiger partial charge in [-0.05, 0) is 49.6 Å². The number of piperidine rings is 1. The molecule has 10 heteroatoms. The Morgan fingerprint density at radius 3 is 2.50 bits per heavy atom. The predicted molar refractivity (Wildman–Crippen MR) is 118 cm³/mol. The van der Waals surface area contributed by atoms with Gasteiger partial charge in [0.25, 0.3) is 5.91 Å². The van der Waals surface area contributed by atoms with Crippen molar-refractivity contribution < 1.29 is 22.8 Å². The zero-order chi connectivity index (χ0) is 24.7. The summed E-state index contributed by atoms with van der Waals surface area (Å²) in [4.78, 5) is 32.8. The number of rotatable bonds is 3. The monoisotopic (exact) mass is 471 g/mol. The Balaban J connectivity index is 1.55. The second-order valence-corrected chi connectivity index (χ2v) is 9.08. The Labute approximate surface area is 195 Å². The highest BCUT2D eigenvalue weighted by Crippen LogP contribution is 2.47. The van der Waals surface area contributed by atoms with E-state index in [0.717, 1.165) is 17.7 Å². The maximum absolute atomic E-state index is 13.5. The maximum atomic E-state index is 13.5. The zero-order valence-electron chi connectivity index (χ0n) is 18.6. The average Bonchev–Trinajstić information content (AvgIpc) is 3.17. The van der Waals surface area contributed by atoms with Crippen molar-refractivity contribution >= 4 is 17.5 Å². The van der Waals surface area contributed by atoms with Crippen LogP contribution in [0.4, 0.5) is 18.9 Å². The van der Waals surface area contributed by atoms with E-state index in [1.807, 2.05) is 6.92 Å². The van der Waals surface area contributed by atoms with Gasteiger partial charge in [-0.2, -0.15) is 18.4 Å². The van der Waals surface area contributed by atoms with Gasteiger partial charge in [-0.25, -0.2) is 0 Å². The fraction of sp³-hybridized carbons (Fsp3) is 0.417. The van der Waals surface area contributed by atoms with Crippen molar-refractivity contribution in [3.63, 3.8) is 0 Å². The summed E-state index contributed by atoms with van der Waals surface area (Å²) in [5.74, 6) is -1.20. The van der Waals surface area contributed by atoms with Gasteiger partial charge in [0.05, 0.1) is 28.7 Å². The number of alkyl halides is 3. The van der Waals surface area contributed by atoms with Crippen LogP contribution in [-0.2, 0) is 11.0 Å². The number of nitrogens with zero attached hydrogens (tertiary/aromatic N) is 4. The molecule has 7 nitrogen and oxygen atoms in total. The Morgan fingerprint density at radius 2 is 1.91 bits per heavy atom. The summed E-state index contributed by atoms with van der Waals surface area (Å²) >= 11 is 0. The number of nitriles is 1. The number of pyridine rings is 1. The summed E-state index contributed by atoms with van der Waals surface area (Å²) in [5, 5.41) is 9.06. The molecule has 2 saturated heterocycles. The number of likely N-dealkylation sites (tertiary alicyclic amines) is 1. The zero-order valence-corrected chi connectivity index (χ0v) is 18.6. The first-order valence-corrected chi connectivity index (χ1v) is 10.9. The van der Waals surface area contributed by atoms with E-state index in [1.54, 1.807) is 28.1 Å². The lowest BCUT2D eigenvalue weighted by molar-refractivity contribution is -0.137. The van der Waals surface area contributed by atoms with Crippen LogP contribution in [0.3, 0.4) is 0 Å². The highest BCUT2D eigenvalue weighted by Gasteiger charge is 2.51. The van der Waals surface area contributed by atoms with Crippen LogP contribution >= 0.6 is 0 Å². The molecule has 2 aliphatic rings. The first-order chi connectivity index (χ1) is 16.0. The summed E-state index contributed by atoms with van der Waals surface area (Å²) in [6, 6.07) is 6.93. The largest absolute Gasteiger partial charge is 0.417 e. The third-order valence-corrected chi connectivity index (χ3v) is 6.95. The molecule has 1 unspecified atom stereocenters. The highest BCUT2D eigenvalue weighted by atomic mass is 19.4. The summed E-state index contributed by atoms with van der Waals surface area (Å²) < 4.78 is 40.4. The molecule has 0 saturated carbocycles. The number of halogens is 3. The van der Waals surface area contributed by atoms with Gasteiger partial charge >= 0.3 is 6.18 Å². The molecule has 4 rings (SSSR count). The topological polar surface area (TPSA) is 103 Å². The van der Waals surface area contributed by atoms with Crippen LogP contribution in [0.25, 0.3) is 0 Å². The van der Waals surface area contributed by atoms with E-state index in [-0.39, 0.29) is 12.5 Å². The number of primary amides is 1. The number of hydrogen-bond donors (Lipinski definition) is 1. The summed E-state index contributed by atoms with van der Waals surface area (Å²) in [5.41, 5.74) is 5.38. The number of nitrogens with two attached hydrogens (primary N) is 1. The van der Waals surface area contributed by atoms with Gasteiger partial charge in [-0.1, -0.05) is 0 Å². The molecule has 1 spiro atoms. The smallest absolute Gasteiger partial charge is 0.370 e. The van der Waals surface area contributed by atoms with Gasteiger partial charge in [0.1, 0.15) is 0 Å². The van der Waals surface area contributed by atoms with Crippen molar-refractivity contribution in [1.29, 1.82) is 5.26 Å². The van der Waals surface area contributed by atoms with Crippen molar-refractivity contribution in [1.82, 2.24) is 9.88 Å². The molecular formula is C24H24F3N5O2. The molecule has 2 N–H and O–H groups in total. The standard InChI is InChI=1S/C24H24F3N5O2/c1-15-8-17(12-30-11-15)22(34)31-6-4-23(5-7-31)14-32(13-20(23)21(29)33)18-3-2-16(10-28)19(9-18)24(25,26)27/h2-3,8-9,11-12,20H,4-7,13-14H2,1H3,(H2,29,33).